The predicted molar refractivity (Wildman–Crippen MR) is 90.7 cm³/mol. The molecule has 4 heteroatoms. The van der Waals surface area contributed by atoms with Crippen LogP contribution >= 0.6 is 0 Å². The first kappa shape index (κ1) is 16.7. The van der Waals surface area contributed by atoms with Gasteiger partial charge in [0, 0.05) is 43.9 Å². The molecular formula is C18H28N2O2. The summed E-state index contributed by atoms with van der Waals surface area (Å²) >= 11 is 0. The molecule has 1 aliphatic rings. The van der Waals surface area contributed by atoms with Gasteiger partial charge in [-0.15, -0.1) is 0 Å². The fraction of sp³-hybridized carbons (Fsp3) is 0.611. The van der Waals surface area contributed by atoms with E-state index in [1.807, 2.05) is 4.90 Å². The maximum Gasteiger partial charge on any atom is 0.220 e. The largest absolute Gasteiger partial charge is 0.497 e. The molecule has 1 heterocycles. The Balaban J connectivity index is 2.29. The van der Waals surface area contributed by atoms with Crippen LogP contribution in [-0.4, -0.2) is 43.1 Å². The molecule has 0 aliphatic carbocycles. The van der Waals surface area contributed by atoms with E-state index in [1.165, 1.54) is 11.3 Å². The van der Waals surface area contributed by atoms with Crippen LogP contribution in [0.5, 0.6) is 5.75 Å². The van der Waals surface area contributed by atoms with Crippen molar-refractivity contribution in [2.24, 2.45) is 0 Å². The third kappa shape index (κ3) is 3.37. The van der Waals surface area contributed by atoms with Crippen LogP contribution in [0.2, 0.25) is 0 Å². The Kier molecular flexibility index (Phi) is 4.99. The van der Waals surface area contributed by atoms with E-state index in [2.05, 4.69) is 50.8 Å². The molecule has 0 radical (unpaired) electrons. The molecule has 0 bridgehead atoms. The van der Waals surface area contributed by atoms with Gasteiger partial charge in [0.05, 0.1) is 7.11 Å². The molecule has 0 saturated carbocycles. The van der Waals surface area contributed by atoms with Crippen molar-refractivity contribution in [2.75, 3.05) is 25.1 Å². The van der Waals surface area contributed by atoms with Gasteiger partial charge in [-0.3, -0.25) is 4.79 Å². The summed E-state index contributed by atoms with van der Waals surface area (Å²) in [6.07, 6.45) is 0. The molecule has 4 nitrogen and oxygen atoms in total. The van der Waals surface area contributed by atoms with Crippen LogP contribution in [0.15, 0.2) is 18.2 Å². The van der Waals surface area contributed by atoms with E-state index in [4.69, 9.17) is 4.74 Å². The van der Waals surface area contributed by atoms with Gasteiger partial charge in [0.15, 0.2) is 0 Å². The molecule has 1 aromatic carbocycles. The molecule has 1 aliphatic heterocycles. The van der Waals surface area contributed by atoms with E-state index in [0.717, 1.165) is 18.8 Å². The first-order valence-corrected chi connectivity index (χ1v) is 8.06. The van der Waals surface area contributed by atoms with Crippen LogP contribution < -0.4 is 9.64 Å². The molecule has 1 fully saturated rings. The SMILES string of the molecule is COc1cc(C(C)C)cc(N2C[C@@H](C)N(C(C)=O)[C@@H](C)C2)c1. The average Bonchev–Trinajstić information content (AvgIpc) is 2.45. The number of anilines is 1. The zero-order valence-electron chi connectivity index (χ0n) is 14.6. The van der Waals surface area contributed by atoms with Gasteiger partial charge >= 0.3 is 0 Å². The quantitative estimate of drug-likeness (QED) is 0.859. The summed E-state index contributed by atoms with van der Waals surface area (Å²) in [5, 5.41) is 0. The predicted octanol–water partition coefficient (Wildman–Crippen LogP) is 3.26. The second kappa shape index (κ2) is 6.59. The van der Waals surface area contributed by atoms with Crippen molar-refractivity contribution in [3.8, 4) is 5.75 Å². The average molecular weight is 304 g/mol. The van der Waals surface area contributed by atoms with E-state index in [0.29, 0.717) is 5.92 Å². The van der Waals surface area contributed by atoms with Gasteiger partial charge in [-0.2, -0.15) is 0 Å². The van der Waals surface area contributed by atoms with Gasteiger partial charge in [-0.1, -0.05) is 13.8 Å². The minimum Gasteiger partial charge on any atom is -0.497 e. The summed E-state index contributed by atoms with van der Waals surface area (Å²) in [7, 11) is 1.71. The van der Waals surface area contributed by atoms with E-state index in [-0.39, 0.29) is 18.0 Å². The lowest BCUT2D eigenvalue weighted by molar-refractivity contribution is -0.133. The Morgan fingerprint density at radius 1 is 1.18 bits per heavy atom. The van der Waals surface area contributed by atoms with Crippen LogP contribution in [-0.2, 0) is 4.79 Å². The first-order valence-electron chi connectivity index (χ1n) is 8.06. The van der Waals surface area contributed by atoms with E-state index < -0.39 is 0 Å². The van der Waals surface area contributed by atoms with Crippen molar-refractivity contribution in [2.45, 2.75) is 52.6 Å². The van der Waals surface area contributed by atoms with Gasteiger partial charge in [-0.25, -0.2) is 0 Å². The van der Waals surface area contributed by atoms with Crippen molar-refractivity contribution < 1.29 is 9.53 Å². The lowest BCUT2D eigenvalue weighted by Gasteiger charge is -2.45. The molecule has 0 spiro atoms. The summed E-state index contributed by atoms with van der Waals surface area (Å²) in [6.45, 7) is 12.0. The van der Waals surface area contributed by atoms with Crippen LogP contribution in [0.4, 0.5) is 5.69 Å². The number of benzene rings is 1. The maximum atomic E-state index is 11.8. The second-order valence-corrected chi connectivity index (χ2v) is 6.65. The third-order valence-corrected chi connectivity index (χ3v) is 4.46. The molecule has 0 unspecified atom stereocenters. The lowest BCUT2D eigenvalue weighted by Crippen LogP contribution is -2.58. The third-order valence-electron chi connectivity index (χ3n) is 4.46. The Morgan fingerprint density at radius 3 is 2.23 bits per heavy atom. The topological polar surface area (TPSA) is 32.8 Å². The first-order chi connectivity index (χ1) is 10.3. The van der Waals surface area contributed by atoms with E-state index in [9.17, 15) is 4.79 Å². The molecule has 1 saturated heterocycles. The summed E-state index contributed by atoms with van der Waals surface area (Å²) in [5.41, 5.74) is 2.47. The molecule has 1 aromatic rings. The van der Waals surface area contributed by atoms with Crippen molar-refractivity contribution in [3.05, 3.63) is 23.8 Å². The molecule has 2 atom stereocenters. The highest BCUT2D eigenvalue weighted by molar-refractivity contribution is 5.74. The minimum atomic E-state index is 0.160. The number of methoxy groups -OCH3 is 1. The molecule has 0 aromatic heterocycles. The number of hydrogen-bond donors (Lipinski definition) is 0. The van der Waals surface area contributed by atoms with Crippen molar-refractivity contribution >= 4 is 11.6 Å². The van der Waals surface area contributed by atoms with Gasteiger partial charge in [-0.05, 0) is 37.5 Å². The highest BCUT2D eigenvalue weighted by atomic mass is 16.5. The monoisotopic (exact) mass is 304 g/mol. The second-order valence-electron chi connectivity index (χ2n) is 6.65. The van der Waals surface area contributed by atoms with Crippen molar-refractivity contribution in [3.63, 3.8) is 0 Å². The molecule has 122 valence electrons. The molecule has 2 rings (SSSR count). The van der Waals surface area contributed by atoms with E-state index >= 15 is 0 Å². The number of carbonyl (C=O) groups is 1. The van der Waals surface area contributed by atoms with Crippen molar-refractivity contribution in [1.29, 1.82) is 0 Å². The zero-order chi connectivity index (χ0) is 16.4. The number of nitrogens with zero attached hydrogens (tertiary/aromatic N) is 2. The number of rotatable bonds is 3. The van der Waals surface area contributed by atoms with Gasteiger partial charge in [0.2, 0.25) is 5.91 Å². The normalized spacial score (nSPS) is 22.1. The minimum absolute atomic E-state index is 0.160. The maximum absolute atomic E-state index is 11.8. The standard InChI is InChI=1S/C18H28N2O2/c1-12(2)16-7-17(9-18(8-16)22-6)19-10-13(3)20(15(5)21)14(4)11-19/h7-9,12-14H,10-11H2,1-6H3/t13-,14+. The summed E-state index contributed by atoms with van der Waals surface area (Å²) in [5.74, 6) is 1.52. The van der Waals surface area contributed by atoms with Gasteiger partial charge in [0.25, 0.3) is 0 Å². The summed E-state index contributed by atoms with van der Waals surface area (Å²) in [4.78, 5) is 16.1. The van der Waals surface area contributed by atoms with Crippen LogP contribution in [0.1, 0.15) is 46.1 Å². The number of amides is 1. The number of ether oxygens (including phenoxy) is 1. The number of piperazine rings is 1. The van der Waals surface area contributed by atoms with Gasteiger partial charge < -0.3 is 14.5 Å². The molecular weight excluding hydrogens is 276 g/mol. The van der Waals surface area contributed by atoms with E-state index in [1.54, 1.807) is 14.0 Å². The van der Waals surface area contributed by atoms with Crippen LogP contribution in [0.3, 0.4) is 0 Å². The van der Waals surface area contributed by atoms with Crippen molar-refractivity contribution in [1.82, 2.24) is 4.90 Å². The molecule has 1 amide bonds. The Hall–Kier alpha value is -1.71. The highest BCUT2D eigenvalue weighted by Gasteiger charge is 2.31. The van der Waals surface area contributed by atoms with Crippen LogP contribution in [0, 0.1) is 0 Å². The number of hydrogen-bond acceptors (Lipinski definition) is 3. The summed E-state index contributed by atoms with van der Waals surface area (Å²) in [6, 6.07) is 6.88. The smallest absolute Gasteiger partial charge is 0.220 e. The highest BCUT2D eigenvalue weighted by Crippen LogP contribution is 2.30. The zero-order valence-corrected chi connectivity index (χ0v) is 14.6. The molecule has 22 heavy (non-hydrogen) atoms. The Labute approximate surface area is 134 Å². The van der Waals surface area contributed by atoms with Crippen LogP contribution in [0.25, 0.3) is 0 Å². The van der Waals surface area contributed by atoms with Gasteiger partial charge in [0.1, 0.15) is 5.75 Å². The molecule has 0 N–H and O–H groups in total. The Morgan fingerprint density at radius 2 is 1.77 bits per heavy atom. The fourth-order valence-electron chi connectivity index (χ4n) is 3.39. The fourth-order valence-corrected chi connectivity index (χ4v) is 3.39. The number of carbonyl (C=O) groups excluding carboxylic acids is 1. The Bertz CT molecular complexity index is 530. The summed E-state index contributed by atoms with van der Waals surface area (Å²) < 4.78 is 5.46. The lowest BCUT2D eigenvalue weighted by atomic mass is 10.0.